The average molecular weight is 205 g/mol. The van der Waals surface area contributed by atoms with Gasteiger partial charge in [-0.15, -0.1) is 0 Å². The molecule has 1 N–H and O–H groups in total. The zero-order valence-electron chi connectivity index (χ0n) is 9.23. The lowest BCUT2D eigenvalue weighted by Gasteiger charge is -2.13. The van der Waals surface area contributed by atoms with E-state index in [1.807, 2.05) is 19.9 Å². The lowest BCUT2D eigenvalue weighted by atomic mass is 10.1. The largest absolute Gasteiger partial charge is 0.357 e. The van der Waals surface area contributed by atoms with Gasteiger partial charge in [-0.1, -0.05) is 12.6 Å². The van der Waals surface area contributed by atoms with Gasteiger partial charge >= 0.3 is 0 Å². The molecule has 80 valence electrons. The van der Waals surface area contributed by atoms with Gasteiger partial charge in [0.2, 0.25) is 0 Å². The highest BCUT2D eigenvalue weighted by molar-refractivity contribution is 5.57. The molecule has 1 saturated carbocycles. The highest BCUT2D eigenvalue weighted by Crippen LogP contribution is 2.36. The molecule has 1 aliphatic rings. The van der Waals surface area contributed by atoms with E-state index in [1.54, 1.807) is 6.07 Å². The SMILES string of the molecule is C=C(Nc1c(C)cc(C)cc1F)C1CC1. The smallest absolute Gasteiger partial charge is 0.147 e. The molecule has 0 radical (unpaired) electrons. The van der Waals surface area contributed by atoms with E-state index in [0.717, 1.165) is 16.8 Å². The van der Waals surface area contributed by atoms with Gasteiger partial charge in [-0.25, -0.2) is 4.39 Å². The molecule has 0 unspecified atom stereocenters. The molecule has 15 heavy (non-hydrogen) atoms. The van der Waals surface area contributed by atoms with Crippen LogP contribution in [0, 0.1) is 25.6 Å². The summed E-state index contributed by atoms with van der Waals surface area (Å²) < 4.78 is 13.7. The van der Waals surface area contributed by atoms with Crippen LogP contribution in [0.5, 0.6) is 0 Å². The fraction of sp³-hybridized carbons (Fsp3) is 0.385. The Balaban J connectivity index is 2.23. The Kier molecular flexibility index (Phi) is 2.51. The second-order valence-corrected chi connectivity index (χ2v) is 4.36. The molecule has 0 atom stereocenters. The van der Waals surface area contributed by atoms with Crippen molar-refractivity contribution in [1.29, 1.82) is 0 Å². The van der Waals surface area contributed by atoms with Crippen molar-refractivity contribution in [2.45, 2.75) is 26.7 Å². The summed E-state index contributed by atoms with van der Waals surface area (Å²) in [6.07, 6.45) is 2.36. The lowest BCUT2D eigenvalue weighted by Crippen LogP contribution is -2.04. The number of allylic oxidation sites excluding steroid dienone is 1. The van der Waals surface area contributed by atoms with Crippen LogP contribution < -0.4 is 5.32 Å². The average Bonchev–Trinajstić information content (AvgIpc) is 2.93. The first-order valence-electron chi connectivity index (χ1n) is 5.30. The van der Waals surface area contributed by atoms with E-state index >= 15 is 0 Å². The third-order valence-electron chi connectivity index (χ3n) is 2.79. The lowest BCUT2D eigenvalue weighted by molar-refractivity contribution is 0.628. The van der Waals surface area contributed by atoms with Crippen LogP contribution in [-0.2, 0) is 0 Å². The van der Waals surface area contributed by atoms with Crippen molar-refractivity contribution in [3.05, 3.63) is 41.4 Å². The van der Waals surface area contributed by atoms with Gasteiger partial charge in [0.1, 0.15) is 5.82 Å². The van der Waals surface area contributed by atoms with Crippen LogP contribution >= 0.6 is 0 Å². The van der Waals surface area contributed by atoms with E-state index in [1.165, 1.54) is 12.8 Å². The zero-order valence-corrected chi connectivity index (χ0v) is 9.23. The van der Waals surface area contributed by atoms with Crippen LogP contribution in [0.25, 0.3) is 0 Å². The van der Waals surface area contributed by atoms with Crippen LogP contribution in [0.4, 0.5) is 10.1 Å². The van der Waals surface area contributed by atoms with E-state index in [2.05, 4.69) is 11.9 Å². The molecular formula is C13H16FN. The molecule has 0 spiro atoms. The van der Waals surface area contributed by atoms with Gasteiger partial charge in [-0.2, -0.15) is 0 Å². The first-order chi connectivity index (χ1) is 7.08. The van der Waals surface area contributed by atoms with E-state index in [4.69, 9.17) is 0 Å². The monoisotopic (exact) mass is 205 g/mol. The van der Waals surface area contributed by atoms with E-state index in [9.17, 15) is 4.39 Å². The van der Waals surface area contributed by atoms with Crippen LogP contribution in [-0.4, -0.2) is 0 Å². The Hall–Kier alpha value is -1.31. The predicted octanol–water partition coefficient (Wildman–Crippen LogP) is 3.78. The van der Waals surface area contributed by atoms with E-state index < -0.39 is 0 Å². The molecular weight excluding hydrogens is 189 g/mol. The molecule has 0 amide bonds. The quantitative estimate of drug-likeness (QED) is 0.791. The standard InChI is InChI=1S/C13H16FN/c1-8-6-9(2)13(12(14)7-8)15-10(3)11-4-5-11/h6-7,11,15H,3-5H2,1-2H3. The first kappa shape index (κ1) is 10.2. The minimum absolute atomic E-state index is 0.186. The van der Waals surface area contributed by atoms with Crippen molar-refractivity contribution >= 4 is 5.69 Å². The summed E-state index contributed by atoms with van der Waals surface area (Å²) in [5.74, 6) is 0.361. The van der Waals surface area contributed by atoms with Gasteiger partial charge in [0.05, 0.1) is 5.69 Å². The van der Waals surface area contributed by atoms with Gasteiger partial charge < -0.3 is 5.32 Å². The summed E-state index contributed by atoms with van der Waals surface area (Å²) in [7, 11) is 0. The third kappa shape index (κ3) is 2.20. The molecule has 0 bridgehead atoms. The van der Waals surface area contributed by atoms with Gasteiger partial charge in [0, 0.05) is 5.70 Å². The van der Waals surface area contributed by atoms with Crippen LogP contribution in [0.15, 0.2) is 24.4 Å². The maximum Gasteiger partial charge on any atom is 0.147 e. The third-order valence-corrected chi connectivity index (χ3v) is 2.79. The van der Waals surface area contributed by atoms with Gasteiger partial charge in [-0.05, 0) is 49.8 Å². The van der Waals surface area contributed by atoms with Crippen molar-refractivity contribution < 1.29 is 4.39 Å². The zero-order chi connectivity index (χ0) is 11.0. The Morgan fingerprint density at radius 2 is 2.07 bits per heavy atom. The Bertz CT molecular complexity index is 382. The molecule has 0 heterocycles. The number of hydrogen-bond donors (Lipinski definition) is 1. The van der Waals surface area contributed by atoms with Crippen LogP contribution in [0.1, 0.15) is 24.0 Å². The fourth-order valence-electron chi connectivity index (χ4n) is 1.77. The maximum atomic E-state index is 13.7. The predicted molar refractivity (Wildman–Crippen MR) is 61.4 cm³/mol. The second kappa shape index (κ2) is 3.69. The van der Waals surface area contributed by atoms with Crippen LogP contribution in [0.3, 0.4) is 0 Å². The highest BCUT2D eigenvalue weighted by atomic mass is 19.1. The maximum absolute atomic E-state index is 13.7. The number of halogens is 1. The van der Waals surface area contributed by atoms with Crippen molar-refractivity contribution in [2.24, 2.45) is 5.92 Å². The molecule has 0 aliphatic heterocycles. The van der Waals surface area contributed by atoms with Gasteiger partial charge in [0.25, 0.3) is 0 Å². The van der Waals surface area contributed by atoms with Crippen molar-refractivity contribution in [3.63, 3.8) is 0 Å². The molecule has 1 fully saturated rings. The number of anilines is 1. The first-order valence-corrected chi connectivity index (χ1v) is 5.30. The summed E-state index contributed by atoms with van der Waals surface area (Å²) >= 11 is 0. The molecule has 1 aromatic carbocycles. The summed E-state index contributed by atoms with van der Waals surface area (Å²) in [5.41, 5.74) is 3.42. The summed E-state index contributed by atoms with van der Waals surface area (Å²) in [6.45, 7) is 7.75. The normalized spacial score (nSPS) is 15.1. The fourth-order valence-corrected chi connectivity index (χ4v) is 1.77. The minimum Gasteiger partial charge on any atom is -0.357 e. The molecule has 0 aromatic heterocycles. The van der Waals surface area contributed by atoms with Gasteiger partial charge in [0.15, 0.2) is 0 Å². The molecule has 2 heteroatoms. The van der Waals surface area contributed by atoms with Crippen molar-refractivity contribution in [3.8, 4) is 0 Å². The summed E-state index contributed by atoms with van der Waals surface area (Å²) in [4.78, 5) is 0. The minimum atomic E-state index is -0.186. The number of rotatable bonds is 3. The molecule has 2 rings (SSSR count). The topological polar surface area (TPSA) is 12.0 Å². The summed E-state index contributed by atoms with van der Waals surface area (Å²) in [5, 5.41) is 3.10. The van der Waals surface area contributed by atoms with E-state index in [-0.39, 0.29) is 5.82 Å². The van der Waals surface area contributed by atoms with Crippen molar-refractivity contribution in [1.82, 2.24) is 0 Å². The van der Waals surface area contributed by atoms with Crippen LogP contribution in [0.2, 0.25) is 0 Å². The summed E-state index contributed by atoms with van der Waals surface area (Å²) in [6, 6.07) is 3.53. The van der Waals surface area contributed by atoms with Crippen molar-refractivity contribution in [2.75, 3.05) is 5.32 Å². The molecule has 1 aromatic rings. The number of benzene rings is 1. The van der Waals surface area contributed by atoms with Gasteiger partial charge in [-0.3, -0.25) is 0 Å². The number of hydrogen-bond acceptors (Lipinski definition) is 1. The number of nitrogens with one attached hydrogen (secondary N) is 1. The Labute approximate surface area is 90.0 Å². The molecule has 0 saturated heterocycles. The molecule has 1 aliphatic carbocycles. The second-order valence-electron chi connectivity index (χ2n) is 4.36. The Morgan fingerprint density at radius 3 is 2.60 bits per heavy atom. The highest BCUT2D eigenvalue weighted by Gasteiger charge is 2.25. The number of aryl methyl sites for hydroxylation is 2. The Morgan fingerprint density at radius 1 is 1.40 bits per heavy atom. The van der Waals surface area contributed by atoms with E-state index in [0.29, 0.717) is 11.6 Å². The molecule has 1 nitrogen and oxygen atoms in total.